The molecule has 0 spiro atoms. The number of likely N-dealkylation sites (tertiary alicyclic amines) is 1. The van der Waals surface area contributed by atoms with E-state index in [1.54, 1.807) is 11.3 Å². The zero-order valence-corrected chi connectivity index (χ0v) is 14.2. The highest BCUT2D eigenvalue weighted by atomic mass is 32.1. The van der Waals surface area contributed by atoms with Gasteiger partial charge in [-0.3, -0.25) is 9.58 Å². The number of nitrogens with zero attached hydrogens (tertiary/aromatic N) is 4. The summed E-state index contributed by atoms with van der Waals surface area (Å²) >= 11 is 1.76. The van der Waals surface area contributed by atoms with Crippen LogP contribution in [0.2, 0.25) is 0 Å². The van der Waals surface area contributed by atoms with E-state index in [0.717, 1.165) is 18.8 Å². The number of rotatable bonds is 4. The van der Waals surface area contributed by atoms with Crippen molar-refractivity contribution in [3.05, 3.63) is 33.5 Å². The van der Waals surface area contributed by atoms with Gasteiger partial charge in [0, 0.05) is 29.7 Å². The minimum atomic E-state index is 0.424. The zero-order chi connectivity index (χ0) is 15.0. The summed E-state index contributed by atoms with van der Waals surface area (Å²) in [4.78, 5) is 7.26. The molecule has 0 bridgehead atoms. The molecule has 0 unspecified atom stereocenters. The quantitative estimate of drug-likeness (QED) is 0.859. The summed E-state index contributed by atoms with van der Waals surface area (Å²) in [7, 11) is 0. The van der Waals surface area contributed by atoms with Crippen molar-refractivity contribution >= 4 is 11.3 Å². The van der Waals surface area contributed by atoms with Crippen molar-refractivity contribution in [1.29, 1.82) is 0 Å². The molecule has 114 valence electrons. The van der Waals surface area contributed by atoms with Crippen molar-refractivity contribution < 1.29 is 0 Å². The van der Waals surface area contributed by atoms with Crippen LogP contribution in [0.4, 0.5) is 0 Å². The molecule has 1 aliphatic heterocycles. The maximum Gasteiger partial charge on any atom is 0.0898 e. The Hall–Kier alpha value is -1.20. The molecule has 0 radical (unpaired) electrons. The third kappa shape index (κ3) is 3.04. The number of hydrogen-bond donors (Lipinski definition) is 0. The van der Waals surface area contributed by atoms with Crippen molar-refractivity contribution in [3.63, 3.8) is 0 Å². The first-order chi connectivity index (χ1) is 10.0. The van der Waals surface area contributed by atoms with E-state index in [2.05, 4.69) is 54.0 Å². The average Bonchev–Trinajstić information content (AvgIpc) is 3.11. The Morgan fingerprint density at radius 1 is 1.38 bits per heavy atom. The van der Waals surface area contributed by atoms with Crippen molar-refractivity contribution in [2.45, 2.75) is 59.2 Å². The van der Waals surface area contributed by atoms with Crippen LogP contribution in [0.3, 0.4) is 0 Å². The predicted octanol–water partition coefficient (Wildman–Crippen LogP) is 3.87. The molecule has 2 aromatic rings. The molecule has 3 heterocycles. The lowest BCUT2D eigenvalue weighted by molar-refractivity contribution is 0.244. The predicted molar refractivity (Wildman–Crippen MR) is 86.6 cm³/mol. The molecule has 0 aliphatic carbocycles. The Morgan fingerprint density at radius 2 is 2.19 bits per heavy atom. The van der Waals surface area contributed by atoms with Gasteiger partial charge in [0.2, 0.25) is 0 Å². The Morgan fingerprint density at radius 3 is 2.81 bits per heavy atom. The fourth-order valence-corrected chi connectivity index (χ4v) is 3.70. The summed E-state index contributed by atoms with van der Waals surface area (Å²) in [6, 6.07) is 0.907. The fourth-order valence-electron chi connectivity index (χ4n) is 3.04. The van der Waals surface area contributed by atoms with Crippen LogP contribution in [0.15, 0.2) is 11.6 Å². The van der Waals surface area contributed by atoms with Gasteiger partial charge in [0.05, 0.1) is 22.4 Å². The Labute approximate surface area is 130 Å². The molecule has 2 aromatic heterocycles. The van der Waals surface area contributed by atoms with Crippen LogP contribution in [0.5, 0.6) is 0 Å². The Balaban J connectivity index is 1.77. The second-order valence-electron chi connectivity index (χ2n) is 6.23. The number of aryl methyl sites for hydroxylation is 2. The van der Waals surface area contributed by atoms with E-state index in [1.165, 1.54) is 29.1 Å². The van der Waals surface area contributed by atoms with E-state index in [0.29, 0.717) is 12.1 Å². The second-order valence-corrected chi connectivity index (χ2v) is 7.30. The largest absolute Gasteiger partial charge is 0.290 e. The van der Waals surface area contributed by atoms with Gasteiger partial charge in [0.1, 0.15) is 0 Å². The van der Waals surface area contributed by atoms with E-state index in [-0.39, 0.29) is 0 Å². The van der Waals surface area contributed by atoms with Gasteiger partial charge in [-0.25, -0.2) is 4.98 Å². The van der Waals surface area contributed by atoms with E-state index in [1.807, 2.05) is 0 Å². The highest BCUT2D eigenvalue weighted by molar-refractivity contribution is 7.09. The molecule has 0 aromatic carbocycles. The normalized spacial score (nSPS) is 19.8. The van der Waals surface area contributed by atoms with Crippen LogP contribution in [-0.4, -0.2) is 26.2 Å². The molecule has 1 aliphatic rings. The van der Waals surface area contributed by atoms with Gasteiger partial charge in [0.25, 0.3) is 0 Å². The van der Waals surface area contributed by atoms with E-state index in [9.17, 15) is 0 Å². The van der Waals surface area contributed by atoms with Crippen molar-refractivity contribution in [1.82, 2.24) is 19.7 Å². The van der Waals surface area contributed by atoms with Gasteiger partial charge in [-0.05, 0) is 47.1 Å². The molecule has 0 saturated carbocycles. The SMILES string of the molecule is Cc1nc([C@@H]2CCCN2Cc2cn(C(C)C)nc2C)cs1. The first-order valence-corrected chi connectivity index (χ1v) is 8.63. The third-order valence-corrected chi connectivity index (χ3v) is 5.05. The fraction of sp³-hybridized carbons (Fsp3) is 0.625. The topological polar surface area (TPSA) is 34.0 Å². The first-order valence-electron chi connectivity index (χ1n) is 7.75. The number of hydrogen-bond acceptors (Lipinski definition) is 4. The molecule has 0 N–H and O–H groups in total. The molecule has 5 heteroatoms. The minimum absolute atomic E-state index is 0.424. The molecular formula is C16H24N4S. The summed E-state index contributed by atoms with van der Waals surface area (Å²) in [6.07, 6.45) is 4.70. The van der Waals surface area contributed by atoms with Crippen LogP contribution >= 0.6 is 11.3 Å². The Kier molecular flexibility index (Phi) is 4.13. The van der Waals surface area contributed by atoms with E-state index >= 15 is 0 Å². The van der Waals surface area contributed by atoms with Gasteiger partial charge in [-0.15, -0.1) is 11.3 Å². The first kappa shape index (κ1) is 14.7. The molecule has 21 heavy (non-hydrogen) atoms. The maximum absolute atomic E-state index is 4.70. The van der Waals surface area contributed by atoms with Crippen LogP contribution < -0.4 is 0 Å². The highest BCUT2D eigenvalue weighted by Crippen LogP contribution is 2.33. The summed E-state index contributed by atoms with van der Waals surface area (Å²) in [5.74, 6) is 0. The third-order valence-electron chi connectivity index (χ3n) is 4.26. The molecular weight excluding hydrogens is 280 g/mol. The monoisotopic (exact) mass is 304 g/mol. The number of thiazole rings is 1. The average molecular weight is 304 g/mol. The summed E-state index contributed by atoms with van der Waals surface area (Å²) in [5, 5.41) is 8.02. The maximum atomic E-state index is 4.70. The summed E-state index contributed by atoms with van der Waals surface area (Å²) in [6.45, 7) is 10.7. The second kappa shape index (κ2) is 5.89. The molecule has 3 rings (SSSR count). The van der Waals surface area contributed by atoms with Crippen molar-refractivity contribution in [3.8, 4) is 0 Å². The lowest BCUT2D eigenvalue weighted by Gasteiger charge is -2.22. The minimum Gasteiger partial charge on any atom is -0.290 e. The van der Waals surface area contributed by atoms with Gasteiger partial charge in [-0.1, -0.05) is 0 Å². The summed E-state index contributed by atoms with van der Waals surface area (Å²) < 4.78 is 2.07. The van der Waals surface area contributed by atoms with Gasteiger partial charge >= 0.3 is 0 Å². The lowest BCUT2D eigenvalue weighted by atomic mass is 10.1. The Bertz CT molecular complexity index is 614. The standard InChI is InChI=1S/C16H24N4S/c1-11(2)20-9-14(12(3)18-20)8-19-7-5-6-16(19)15-10-21-13(4)17-15/h9-11,16H,5-8H2,1-4H3/t16-/m0/s1. The molecule has 1 saturated heterocycles. The molecule has 4 nitrogen and oxygen atoms in total. The van der Waals surface area contributed by atoms with Crippen molar-refractivity contribution in [2.75, 3.05) is 6.54 Å². The summed E-state index contributed by atoms with van der Waals surface area (Å²) in [5.41, 5.74) is 3.76. The zero-order valence-electron chi connectivity index (χ0n) is 13.3. The van der Waals surface area contributed by atoms with Crippen LogP contribution in [0, 0.1) is 13.8 Å². The highest BCUT2D eigenvalue weighted by Gasteiger charge is 2.28. The van der Waals surface area contributed by atoms with Gasteiger partial charge in [-0.2, -0.15) is 5.10 Å². The lowest BCUT2D eigenvalue weighted by Crippen LogP contribution is -2.23. The van der Waals surface area contributed by atoms with Crippen molar-refractivity contribution in [2.24, 2.45) is 0 Å². The van der Waals surface area contributed by atoms with Gasteiger partial charge < -0.3 is 0 Å². The molecule has 1 fully saturated rings. The van der Waals surface area contributed by atoms with Gasteiger partial charge in [0.15, 0.2) is 0 Å². The van der Waals surface area contributed by atoms with E-state index < -0.39 is 0 Å². The smallest absolute Gasteiger partial charge is 0.0898 e. The number of aromatic nitrogens is 3. The van der Waals surface area contributed by atoms with Crippen LogP contribution in [0.1, 0.15) is 60.7 Å². The van der Waals surface area contributed by atoms with Crippen LogP contribution in [0.25, 0.3) is 0 Å². The molecule has 0 amide bonds. The van der Waals surface area contributed by atoms with Crippen LogP contribution in [-0.2, 0) is 6.54 Å². The molecule has 1 atom stereocenters. The van der Waals surface area contributed by atoms with E-state index in [4.69, 9.17) is 4.98 Å².